The third-order valence-corrected chi connectivity index (χ3v) is 4.05. The number of allylic oxidation sites excluding steroid dienone is 1. The Bertz CT molecular complexity index is 330. The SMILES string of the molecule is C=CCCCCCCCCC(=O)O.O[C@@H]1CO[C@H]2[C@@H]1OC[C@@H]2O. The van der Waals surface area contributed by atoms with Gasteiger partial charge in [-0.05, 0) is 19.3 Å². The van der Waals surface area contributed by atoms with Crippen LogP contribution in [0.2, 0.25) is 0 Å². The van der Waals surface area contributed by atoms with Crippen molar-refractivity contribution in [2.75, 3.05) is 13.2 Å². The maximum atomic E-state index is 10.2. The minimum absolute atomic E-state index is 0.284. The number of aliphatic hydroxyl groups excluding tert-OH is 2. The summed E-state index contributed by atoms with van der Waals surface area (Å²) in [6, 6.07) is 0. The topological polar surface area (TPSA) is 96.2 Å². The summed E-state index contributed by atoms with van der Waals surface area (Å²) in [7, 11) is 0. The van der Waals surface area contributed by atoms with E-state index in [9.17, 15) is 4.79 Å². The molecule has 2 saturated heterocycles. The Hall–Kier alpha value is -0.950. The summed E-state index contributed by atoms with van der Waals surface area (Å²) in [4.78, 5) is 10.2. The van der Waals surface area contributed by atoms with Crippen LogP contribution in [-0.4, -0.2) is 58.9 Å². The van der Waals surface area contributed by atoms with Crippen LogP contribution in [0.1, 0.15) is 51.4 Å². The van der Waals surface area contributed by atoms with Gasteiger partial charge >= 0.3 is 5.97 Å². The van der Waals surface area contributed by atoms with Crippen LogP contribution in [0.3, 0.4) is 0 Å². The summed E-state index contributed by atoms with van der Waals surface area (Å²) >= 11 is 0. The van der Waals surface area contributed by atoms with Crippen LogP contribution in [0.15, 0.2) is 12.7 Å². The predicted octanol–water partition coefficient (Wildman–Crippen LogP) is 1.88. The normalized spacial score (nSPS) is 28.8. The van der Waals surface area contributed by atoms with Crippen molar-refractivity contribution in [3.05, 3.63) is 12.7 Å². The third-order valence-electron chi connectivity index (χ3n) is 4.05. The Balaban J connectivity index is 0.000000235. The summed E-state index contributed by atoms with van der Waals surface area (Å²) in [5.41, 5.74) is 0. The van der Waals surface area contributed by atoms with Crippen molar-refractivity contribution in [2.45, 2.75) is 75.8 Å². The first-order chi connectivity index (χ1) is 11.1. The number of ether oxygens (including phenoxy) is 2. The van der Waals surface area contributed by atoms with Crippen molar-refractivity contribution < 1.29 is 29.6 Å². The van der Waals surface area contributed by atoms with Crippen molar-refractivity contribution in [1.82, 2.24) is 0 Å². The van der Waals surface area contributed by atoms with Crippen molar-refractivity contribution in [3.8, 4) is 0 Å². The number of carboxylic acids is 1. The summed E-state index contributed by atoms with van der Waals surface area (Å²) in [5.74, 6) is -0.674. The maximum Gasteiger partial charge on any atom is 0.303 e. The molecule has 2 rings (SSSR count). The van der Waals surface area contributed by atoms with Crippen LogP contribution in [-0.2, 0) is 14.3 Å². The van der Waals surface area contributed by atoms with Gasteiger partial charge in [0.15, 0.2) is 0 Å². The molecule has 0 aromatic carbocycles. The molecule has 0 amide bonds. The van der Waals surface area contributed by atoms with Crippen molar-refractivity contribution in [1.29, 1.82) is 0 Å². The molecule has 0 aromatic rings. The summed E-state index contributed by atoms with van der Waals surface area (Å²) in [5, 5.41) is 26.7. The molecule has 4 atom stereocenters. The van der Waals surface area contributed by atoms with E-state index in [1.54, 1.807) is 0 Å². The molecular weight excluding hydrogens is 300 g/mol. The lowest BCUT2D eigenvalue weighted by Gasteiger charge is -2.09. The highest BCUT2D eigenvalue weighted by atomic mass is 16.6. The van der Waals surface area contributed by atoms with Gasteiger partial charge in [0.25, 0.3) is 0 Å². The number of rotatable bonds is 9. The summed E-state index contributed by atoms with van der Waals surface area (Å²) in [6.45, 7) is 4.23. The Morgan fingerprint density at radius 2 is 1.43 bits per heavy atom. The average molecular weight is 330 g/mol. The predicted molar refractivity (Wildman–Crippen MR) is 86.3 cm³/mol. The minimum atomic E-state index is -0.674. The van der Waals surface area contributed by atoms with Crippen molar-refractivity contribution >= 4 is 5.97 Å². The molecule has 0 saturated carbocycles. The molecule has 2 fully saturated rings. The third kappa shape index (κ3) is 7.92. The fourth-order valence-corrected chi connectivity index (χ4v) is 2.73. The smallest absolute Gasteiger partial charge is 0.303 e. The second-order valence-corrected chi connectivity index (χ2v) is 6.07. The van der Waals surface area contributed by atoms with E-state index < -0.39 is 18.2 Å². The van der Waals surface area contributed by atoms with Gasteiger partial charge in [0.05, 0.1) is 13.2 Å². The Morgan fingerprint density at radius 1 is 0.957 bits per heavy atom. The van der Waals surface area contributed by atoms with Gasteiger partial charge in [-0.2, -0.15) is 0 Å². The maximum absolute atomic E-state index is 10.2. The summed E-state index contributed by atoms with van der Waals surface area (Å²) < 4.78 is 10.2. The van der Waals surface area contributed by atoms with E-state index in [1.165, 1.54) is 25.7 Å². The van der Waals surface area contributed by atoms with Gasteiger partial charge in [0.2, 0.25) is 0 Å². The Kier molecular flexibility index (Phi) is 10.1. The van der Waals surface area contributed by atoms with Gasteiger partial charge in [-0.25, -0.2) is 0 Å². The largest absolute Gasteiger partial charge is 0.481 e. The molecule has 134 valence electrons. The van der Waals surface area contributed by atoms with E-state index in [0.29, 0.717) is 6.42 Å². The second-order valence-electron chi connectivity index (χ2n) is 6.07. The standard InChI is InChI=1S/C11H20O2.C6H10O4/c1-2-3-4-5-6-7-8-9-10-11(12)13;7-3-1-9-6-4(8)2-10-5(3)6/h2H,1,3-10H2,(H,12,13);3-8H,1-2H2/t;3-,4+,5-,6-/m.1/s1. The number of fused-ring (bicyclic) bond motifs is 1. The van der Waals surface area contributed by atoms with Gasteiger partial charge in [0, 0.05) is 6.42 Å². The molecular formula is C17H30O6. The summed E-state index contributed by atoms with van der Waals surface area (Å²) in [6.07, 6.45) is 8.44. The Labute approximate surface area is 138 Å². The van der Waals surface area contributed by atoms with Crippen LogP contribution in [0.4, 0.5) is 0 Å². The van der Waals surface area contributed by atoms with E-state index >= 15 is 0 Å². The molecule has 3 N–H and O–H groups in total. The molecule has 2 aliphatic rings. The van der Waals surface area contributed by atoms with E-state index in [-0.39, 0.29) is 25.4 Å². The van der Waals surface area contributed by atoms with Gasteiger partial charge < -0.3 is 24.8 Å². The number of carbonyl (C=O) groups is 1. The number of unbranched alkanes of at least 4 members (excludes halogenated alkanes) is 6. The molecule has 2 heterocycles. The van der Waals surface area contributed by atoms with Gasteiger partial charge in [-0.3, -0.25) is 4.79 Å². The van der Waals surface area contributed by atoms with Crippen LogP contribution >= 0.6 is 0 Å². The van der Waals surface area contributed by atoms with Gasteiger partial charge in [-0.15, -0.1) is 6.58 Å². The lowest BCUT2D eigenvalue weighted by molar-refractivity contribution is -0.137. The van der Waals surface area contributed by atoms with Crippen LogP contribution in [0, 0.1) is 0 Å². The number of hydrogen-bond acceptors (Lipinski definition) is 5. The molecule has 0 bridgehead atoms. The molecule has 0 aromatic heterocycles. The number of aliphatic carboxylic acids is 1. The minimum Gasteiger partial charge on any atom is -0.481 e. The lowest BCUT2D eigenvalue weighted by Crippen LogP contribution is -2.30. The molecule has 23 heavy (non-hydrogen) atoms. The lowest BCUT2D eigenvalue weighted by atomic mass is 10.1. The molecule has 0 aliphatic carbocycles. The first kappa shape index (κ1) is 20.1. The zero-order valence-corrected chi connectivity index (χ0v) is 13.7. The highest BCUT2D eigenvalue weighted by Gasteiger charge is 2.46. The van der Waals surface area contributed by atoms with Crippen molar-refractivity contribution in [2.24, 2.45) is 0 Å². The molecule has 2 aliphatic heterocycles. The molecule has 0 spiro atoms. The fourth-order valence-electron chi connectivity index (χ4n) is 2.73. The number of aliphatic hydroxyl groups is 2. The Morgan fingerprint density at radius 3 is 1.91 bits per heavy atom. The zero-order chi connectivity index (χ0) is 17.1. The first-order valence-corrected chi connectivity index (χ1v) is 8.48. The van der Waals surface area contributed by atoms with Gasteiger partial charge in [0.1, 0.15) is 24.4 Å². The van der Waals surface area contributed by atoms with E-state index in [2.05, 4.69) is 6.58 Å². The number of carboxylic acid groups (broad SMARTS) is 1. The molecule has 6 nitrogen and oxygen atoms in total. The molecule has 0 radical (unpaired) electrons. The van der Waals surface area contributed by atoms with E-state index in [1.807, 2.05) is 6.08 Å². The van der Waals surface area contributed by atoms with Crippen molar-refractivity contribution in [3.63, 3.8) is 0 Å². The fraction of sp³-hybridized carbons (Fsp3) is 0.824. The second kappa shape index (κ2) is 11.6. The molecule has 0 unspecified atom stereocenters. The van der Waals surface area contributed by atoms with Crippen LogP contribution in [0.5, 0.6) is 0 Å². The number of hydrogen-bond donors (Lipinski definition) is 3. The van der Waals surface area contributed by atoms with E-state index in [0.717, 1.165) is 19.3 Å². The first-order valence-electron chi connectivity index (χ1n) is 8.48. The van der Waals surface area contributed by atoms with Crippen LogP contribution < -0.4 is 0 Å². The quantitative estimate of drug-likeness (QED) is 0.441. The zero-order valence-electron chi connectivity index (χ0n) is 13.7. The van der Waals surface area contributed by atoms with Crippen LogP contribution in [0.25, 0.3) is 0 Å². The highest BCUT2D eigenvalue weighted by Crippen LogP contribution is 2.26. The molecule has 6 heteroatoms. The average Bonchev–Trinajstić information content (AvgIpc) is 3.07. The highest BCUT2D eigenvalue weighted by molar-refractivity contribution is 5.66. The van der Waals surface area contributed by atoms with Gasteiger partial charge in [-0.1, -0.05) is 31.8 Å². The van der Waals surface area contributed by atoms with E-state index in [4.69, 9.17) is 24.8 Å². The monoisotopic (exact) mass is 330 g/mol.